The van der Waals surface area contributed by atoms with Gasteiger partial charge in [-0.2, -0.15) is 0 Å². The smallest absolute Gasteiger partial charge is 0.371 e. The van der Waals surface area contributed by atoms with Crippen molar-refractivity contribution in [3.8, 4) is 0 Å². The molecule has 2 aromatic carbocycles. The van der Waals surface area contributed by atoms with Gasteiger partial charge in [0.2, 0.25) is 5.76 Å². The van der Waals surface area contributed by atoms with Gasteiger partial charge in [-0.3, -0.25) is 4.79 Å². The highest BCUT2D eigenvalue weighted by Gasteiger charge is 2.13. The van der Waals surface area contributed by atoms with Crippen LogP contribution in [0.4, 0.5) is 4.39 Å². The molecule has 0 spiro atoms. The van der Waals surface area contributed by atoms with Crippen LogP contribution in [-0.4, -0.2) is 34.0 Å². The quantitative estimate of drug-likeness (QED) is 0.624. The minimum atomic E-state index is -1.56. The molecule has 2 aromatic rings. The number of amides is 1. The molecule has 1 amide bonds. The van der Waals surface area contributed by atoms with Gasteiger partial charge in [-0.15, -0.1) is 0 Å². The number of halogens is 1. The molecule has 0 atom stereocenters. The number of carboxylic acid groups (broad SMARTS) is 1. The summed E-state index contributed by atoms with van der Waals surface area (Å²) in [6.45, 7) is 0.250. The number of hydrogen-bond acceptors (Lipinski definition) is 3. The third-order valence-corrected chi connectivity index (χ3v) is 3.69. The number of aliphatic hydroxyl groups excluding tert-OH is 1. The van der Waals surface area contributed by atoms with E-state index in [4.69, 9.17) is 10.2 Å². The lowest BCUT2D eigenvalue weighted by Gasteiger charge is -2.18. The molecule has 0 heterocycles. The van der Waals surface area contributed by atoms with E-state index in [0.29, 0.717) is 12.5 Å². The molecule has 0 aliphatic rings. The lowest BCUT2D eigenvalue weighted by atomic mass is 9.99. The molecule has 2 N–H and O–H groups in total. The van der Waals surface area contributed by atoms with Gasteiger partial charge in [-0.1, -0.05) is 36.4 Å². The molecule has 2 rings (SSSR count). The van der Waals surface area contributed by atoms with Gasteiger partial charge in [0.05, 0.1) is 6.08 Å². The van der Waals surface area contributed by atoms with E-state index in [0.717, 1.165) is 16.7 Å². The molecule has 0 unspecified atom stereocenters. The van der Waals surface area contributed by atoms with E-state index < -0.39 is 17.6 Å². The molecule has 5 nitrogen and oxygen atoms in total. The Balaban J connectivity index is 2.14. The molecule has 0 saturated heterocycles. The maximum atomic E-state index is 13.0. The second-order valence-electron chi connectivity index (χ2n) is 5.60. The highest BCUT2D eigenvalue weighted by Crippen LogP contribution is 2.16. The molecular weight excluding hydrogens is 325 g/mol. The monoisotopic (exact) mass is 343 g/mol. The first-order valence-electron chi connectivity index (χ1n) is 7.57. The Hall–Kier alpha value is -3.15. The van der Waals surface area contributed by atoms with Crippen LogP contribution in [0.1, 0.15) is 16.7 Å². The van der Waals surface area contributed by atoms with Crippen LogP contribution in [0.3, 0.4) is 0 Å². The summed E-state index contributed by atoms with van der Waals surface area (Å²) in [5, 5.41) is 17.8. The van der Waals surface area contributed by atoms with Crippen LogP contribution in [0.5, 0.6) is 0 Å². The number of hydrogen-bond donors (Lipinski definition) is 2. The molecule has 0 aliphatic heterocycles. The van der Waals surface area contributed by atoms with Crippen molar-refractivity contribution in [3.63, 3.8) is 0 Å². The highest BCUT2D eigenvalue weighted by atomic mass is 19.1. The first-order valence-corrected chi connectivity index (χ1v) is 7.57. The summed E-state index contributed by atoms with van der Waals surface area (Å²) >= 11 is 0. The molecule has 0 aromatic heterocycles. The predicted molar refractivity (Wildman–Crippen MR) is 90.5 cm³/mol. The topological polar surface area (TPSA) is 77.8 Å². The average Bonchev–Trinajstić information content (AvgIpc) is 2.58. The Morgan fingerprint density at radius 2 is 1.64 bits per heavy atom. The Labute approximate surface area is 144 Å². The molecular formula is C19H18FNO4. The zero-order chi connectivity index (χ0) is 18.4. The van der Waals surface area contributed by atoms with Crippen LogP contribution in [0.15, 0.2) is 60.4 Å². The minimum absolute atomic E-state index is 0.250. The molecule has 0 bridgehead atoms. The summed E-state index contributed by atoms with van der Waals surface area (Å²) in [7, 11) is 1.52. The largest absolute Gasteiger partial charge is 0.502 e. The number of benzene rings is 2. The summed E-state index contributed by atoms with van der Waals surface area (Å²) in [6, 6.07) is 13.7. The van der Waals surface area contributed by atoms with Gasteiger partial charge < -0.3 is 15.1 Å². The fourth-order valence-corrected chi connectivity index (χ4v) is 2.33. The number of likely N-dealkylation sites (N-methyl/N-ethyl adjacent to an activating group) is 1. The number of rotatable bonds is 6. The van der Waals surface area contributed by atoms with Gasteiger partial charge in [0.25, 0.3) is 5.91 Å². The average molecular weight is 343 g/mol. The standard InChI is InChI=1S/C19H18FNO4/c1-21(18(23)11-17(22)19(24)25)12-15-5-3-2-4-14(15)10-13-6-8-16(20)9-7-13/h2-9,11,22H,10,12H2,1H3,(H,24,25)/b17-11-. The lowest BCUT2D eigenvalue weighted by molar-refractivity contribution is -0.136. The Kier molecular flexibility index (Phi) is 5.89. The van der Waals surface area contributed by atoms with E-state index in [-0.39, 0.29) is 12.4 Å². The predicted octanol–water partition coefficient (Wildman–Crippen LogP) is 2.90. The Morgan fingerprint density at radius 1 is 1.04 bits per heavy atom. The normalized spacial score (nSPS) is 11.2. The Morgan fingerprint density at radius 3 is 2.24 bits per heavy atom. The maximum Gasteiger partial charge on any atom is 0.371 e. The zero-order valence-corrected chi connectivity index (χ0v) is 13.6. The number of aliphatic carboxylic acids is 1. The first-order chi connectivity index (χ1) is 11.9. The van der Waals surface area contributed by atoms with E-state index in [1.165, 1.54) is 24.1 Å². The van der Waals surface area contributed by atoms with E-state index in [9.17, 15) is 14.0 Å². The van der Waals surface area contributed by atoms with Crippen LogP contribution in [0, 0.1) is 5.82 Å². The van der Waals surface area contributed by atoms with Gasteiger partial charge in [0, 0.05) is 13.6 Å². The Bertz CT molecular complexity index is 799. The number of carbonyl (C=O) groups excluding carboxylic acids is 1. The number of carboxylic acids is 1. The van der Waals surface area contributed by atoms with Crippen molar-refractivity contribution in [1.82, 2.24) is 4.90 Å². The molecule has 0 radical (unpaired) electrons. The van der Waals surface area contributed by atoms with Crippen molar-refractivity contribution in [2.24, 2.45) is 0 Å². The second kappa shape index (κ2) is 8.10. The molecule has 0 fully saturated rings. The van der Waals surface area contributed by atoms with Crippen LogP contribution >= 0.6 is 0 Å². The van der Waals surface area contributed by atoms with Crippen molar-refractivity contribution in [3.05, 3.63) is 82.9 Å². The summed E-state index contributed by atoms with van der Waals surface area (Å²) in [5.41, 5.74) is 2.79. The van der Waals surface area contributed by atoms with Crippen molar-refractivity contribution < 1.29 is 24.2 Å². The zero-order valence-electron chi connectivity index (χ0n) is 13.6. The van der Waals surface area contributed by atoms with Crippen molar-refractivity contribution in [1.29, 1.82) is 0 Å². The number of carbonyl (C=O) groups is 2. The van der Waals surface area contributed by atoms with E-state index in [1.54, 1.807) is 12.1 Å². The first kappa shape index (κ1) is 18.2. The second-order valence-corrected chi connectivity index (χ2v) is 5.60. The van der Waals surface area contributed by atoms with Crippen molar-refractivity contribution in [2.45, 2.75) is 13.0 Å². The van der Waals surface area contributed by atoms with Gasteiger partial charge >= 0.3 is 5.97 Å². The lowest BCUT2D eigenvalue weighted by Crippen LogP contribution is -2.25. The van der Waals surface area contributed by atoms with Gasteiger partial charge in [-0.05, 0) is 35.2 Å². The molecule has 6 heteroatoms. The van der Waals surface area contributed by atoms with Crippen LogP contribution in [0.2, 0.25) is 0 Å². The minimum Gasteiger partial charge on any atom is -0.502 e. The SMILES string of the molecule is CN(Cc1ccccc1Cc1ccc(F)cc1)C(=O)/C=C(\O)C(=O)O. The van der Waals surface area contributed by atoms with Crippen LogP contribution in [0.25, 0.3) is 0 Å². The third-order valence-electron chi connectivity index (χ3n) is 3.69. The molecule has 0 aliphatic carbocycles. The fourth-order valence-electron chi connectivity index (χ4n) is 2.33. The molecule has 25 heavy (non-hydrogen) atoms. The summed E-state index contributed by atoms with van der Waals surface area (Å²) in [5.74, 6) is -3.47. The van der Waals surface area contributed by atoms with Gasteiger partial charge in [0.15, 0.2) is 0 Å². The van der Waals surface area contributed by atoms with Crippen molar-refractivity contribution in [2.75, 3.05) is 7.05 Å². The molecule has 0 saturated carbocycles. The number of aliphatic hydroxyl groups is 1. The number of nitrogens with zero attached hydrogens (tertiary/aromatic N) is 1. The summed E-state index contributed by atoms with van der Waals surface area (Å²) < 4.78 is 13.0. The van der Waals surface area contributed by atoms with Gasteiger partial charge in [0.1, 0.15) is 5.82 Å². The van der Waals surface area contributed by atoms with E-state index in [2.05, 4.69) is 0 Å². The van der Waals surface area contributed by atoms with Crippen molar-refractivity contribution >= 4 is 11.9 Å². The van der Waals surface area contributed by atoms with Crippen LogP contribution in [-0.2, 0) is 22.6 Å². The van der Waals surface area contributed by atoms with Gasteiger partial charge in [-0.25, -0.2) is 9.18 Å². The van der Waals surface area contributed by atoms with E-state index in [1.807, 2.05) is 24.3 Å². The summed E-state index contributed by atoms with van der Waals surface area (Å²) in [4.78, 5) is 23.8. The fraction of sp³-hybridized carbons (Fsp3) is 0.158. The third kappa shape index (κ3) is 5.17. The molecule has 130 valence electrons. The highest BCUT2D eigenvalue weighted by molar-refractivity contribution is 5.95. The maximum absolute atomic E-state index is 13.0. The van der Waals surface area contributed by atoms with Crippen LogP contribution < -0.4 is 0 Å². The summed E-state index contributed by atoms with van der Waals surface area (Å²) in [6.07, 6.45) is 1.25. The van der Waals surface area contributed by atoms with E-state index >= 15 is 0 Å².